The van der Waals surface area contributed by atoms with Gasteiger partial charge in [0, 0.05) is 22.4 Å². The fourth-order valence-corrected chi connectivity index (χ4v) is 7.15. The molecule has 0 atom stereocenters. The molecule has 4 heteroatoms. The Hall–Kier alpha value is -6.83. The molecule has 1 heterocycles. The van der Waals surface area contributed by atoms with E-state index in [-0.39, 0.29) is 0 Å². The van der Waals surface area contributed by atoms with Crippen LogP contribution in [0.4, 0.5) is 5.69 Å². The molecule has 0 radical (unpaired) electrons. The number of nitrogen functional groups attached to an aromatic ring is 1. The lowest BCUT2D eigenvalue weighted by Crippen LogP contribution is -1.99. The Morgan fingerprint density at radius 1 is 0.449 bits per heavy atom. The third-order valence-corrected chi connectivity index (χ3v) is 9.40. The number of fused-ring (bicyclic) bond motifs is 3. The van der Waals surface area contributed by atoms with Crippen molar-refractivity contribution in [2.75, 3.05) is 5.73 Å². The van der Waals surface area contributed by atoms with Crippen molar-refractivity contribution < 1.29 is 0 Å². The van der Waals surface area contributed by atoms with Crippen LogP contribution in [-0.4, -0.2) is 9.97 Å². The minimum Gasteiger partial charge on any atom is -0.399 e. The number of anilines is 1. The van der Waals surface area contributed by atoms with Crippen LogP contribution in [0, 0.1) is 11.3 Å². The first kappa shape index (κ1) is 28.4. The Balaban J connectivity index is 1.42. The topological polar surface area (TPSA) is 75.6 Å². The van der Waals surface area contributed by atoms with Gasteiger partial charge in [-0.1, -0.05) is 109 Å². The van der Waals surface area contributed by atoms with E-state index in [2.05, 4.69) is 115 Å². The fraction of sp³-hybridized carbons (Fsp3) is 0. The van der Waals surface area contributed by atoms with E-state index in [0.29, 0.717) is 17.1 Å². The lowest BCUT2D eigenvalue weighted by molar-refractivity contribution is 1.18. The van der Waals surface area contributed by atoms with Gasteiger partial charge in [0.2, 0.25) is 0 Å². The standard InChI is InChI=1S/C45H28N4/c46-27-28-17-19-30(20-18-28)39-26-40(49-45(48-39)33-21-23-34(47)24-22-33)38-25-37(29-9-3-1-4-10-29)43-35-15-7-13-31-14-8-16-36(41(31)35)44(43)42(38)32-11-5-2-6-12-32/h1-26H,47H2. The molecule has 9 rings (SSSR count). The monoisotopic (exact) mass is 624 g/mol. The van der Waals surface area contributed by atoms with Crippen LogP contribution in [0.15, 0.2) is 158 Å². The second-order valence-corrected chi connectivity index (χ2v) is 12.3. The van der Waals surface area contributed by atoms with Gasteiger partial charge < -0.3 is 5.73 Å². The highest BCUT2D eigenvalue weighted by Gasteiger charge is 2.30. The van der Waals surface area contributed by atoms with Crippen LogP contribution in [0.1, 0.15) is 5.56 Å². The molecule has 8 aromatic rings. The van der Waals surface area contributed by atoms with E-state index in [1.807, 2.05) is 48.5 Å². The van der Waals surface area contributed by atoms with Gasteiger partial charge in [-0.2, -0.15) is 5.26 Å². The van der Waals surface area contributed by atoms with Crippen LogP contribution in [0.3, 0.4) is 0 Å². The summed E-state index contributed by atoms with van der Waals surface area (Å²) in [6, 6.07) is 56.4. The molecule has 0 spiro atoms. The zero-order valence-corrected chi connectivity index (χ0v) is 26.4. The Morgan fingerprint density at radius 3 is 1.73 bits per heavy atom. The van der Waals surface area contributed by atoms with Gasteiger partial charge in [0.05, 0.1) is 23.0 Å². The Kier molecular flexibility index (Phi) is 6.64. The molecule has 1 aromatic heterocycles. The van der Waals surface area contributed by atoms with Crippen LogP contribution in [0.5, 0.6) is 0 Å². The summed E-state index contributed by atoms with van der Waals surface area (Å²) in [5, 5.41) is 12.0. The van der Waals surface area contributed by atoms with Gasteiger partial charge >= 0.3 is 0 Å². The van der Waals surface area contributed by atoms with Crippen LogP contribution in [0.2, 0.25) is 0 Å². The molecule has 2 N–H and O–H groups in total. The third kappa shape index (κ3) is 4.76. The molecule has 1 aliphatic carbocycles. The van der Waals surface area contributed by atoms with E-state index in [1.54, 1.807) is 0 Å². The van der Waals surface area contributed by atoms with Crippen molar-refractivity contribution in [3.63, 3.8) is 0 Å². The molecule has 0 fully saturated rings. The Morgan fingerprint density at radius 2 is 1.06 bits per heavy atom. The summed E-state index contributed by atoms with van der Waals surface area (Å²) in [4.78, 5) is 10.4. The maximum Gasteiger partial charge on any atom is 0.160 e. The summed E-state index contributed by atoms with van der Waals surface area (Å²) in [5.74, 6) is 0.600. The van der Waals surface area contributed by atoms with Crippen molar-refractivity contribution in [2.24, 2.45) is 0 Å². The molecule has 0 saturated heterocycles. The molecule has 4 nitrogen and oxygen atoms in total. The van der Waals surface area contributed by atoms with Crippen LogP contribution >= 0.6 is 0 Å². The number of nitriles is 1. The van der Waals surface area contributed by atoms with E-state index in [0.717, 1.165) is 50.3 Å². The average Bonchev–Trinajstić information content (AvgIpc) is 3.51. The second kappa shape index (κ2) is 11.5. The number of nitrogens with zero attached hydrogens (tertiary/aromatic N) is 3. The van der Waals surface area contributed by atoms with Gasteiger partial charge in [0.1, 0.15) is 0 Å². The van der Waals surface area contributed by atoms with E-state index < -0.39 is 0 Å². The van der Waals surface area contributed by atoms with Crippen molar-refractivity contribution in [3.8, 4) is 84.5 Å². The highest BCUT2D eigenvalue weighted by molar-refractivity contribution is 6.22. The fourth-order valence-electron chi connectivity index (χ4n) is 7.15. The molecule has 1 aliphatic rings. The number of hydrogen-bond donors (Lipinski definition) is 1. The largest absolute Gasteiger partial charge is 0.399 e. The molecular formula is C45H28N4. The lowest BCUT2D eigenvalue weighted by atomic mass is 9.83. The van der Waals surface area contributed by atoms with Crippen LogP contribution in [-0.2, 0) is 0 Å². The number of hydrogen-bond acceptors (Lipinski definition) is 4. The van der Waals surface area contributed by atoms with Crippen molar-refractivity contribution in [1.82, 2.24) is 9.97 Å². The van der Waals surface area contributed by atoms with E-state index in [9.17, 15) is 5.26 Å². The van der Waals surface area contributed by atoms with E-state index >= 15 is 0 Å². The zero-order valence-electron chi connectivity index (χ0n) is 26.4. The molecular weight excluding hydrogens is 597 g/mol. The molecule has 7 aromatic carbocycles. The average molecular weight is 625 g/mol. The van der Waals surface area contributed by atoms with Gasteiger partial charge in [-0.05, 0) is 104 Å². The van der Waals surface area contributed by atoms with Gasteiger partial charge in [-0.25, -0.2) is 9.97 Å². The van der Waals surface area contributed by atoms with Gasteiger partial charge in [-0.15, -0.1) is 0 Å². The van der Waals surface area contributed by atoms with Crippen molar-refractivity contribution in [3.05, 3.63) is 163 Å². The summed E-state index contributed by atoms with van der Waals surface area (Å²) in [7, 11) is 0. The molecule has 0 saturated carbocycles. The number of nitrogens with two attached hydrogens (primary N) is 1. The highest BCUT2D eigenvalue weighted by atomic mass is 14.9. The maximum absolute atomic E-state index is 9.48. The number of aromatic nitrogens is 2. The minimum absolute atomic E-state index is 0.600. The summed E-state index contributed by atoms with van der Waals surface area (Å²) in [6.07, 6.45) is 0. The first-order valence-corrected chi connectivity index (χ1v) is 16.3. The first-order valence-electron chi connectivity index (χ1n) is 16.3. The van der Waals surface area contributed by atoms with Crippen molar-refractivity contribution in [2.45, 2.75) is 0 Å². The molecule has 0 unspecified atom stereocenters. The molecule has 228 valence electrons. The van der Waals surface area contributed by atoms with Gasteiger partial charge in [0.15, 0.2) is 5.82 Å². The van der Waals surface area contributed by atoms with E-state index in [4.69, 9.17) is 15.7 Å². The first-order chi connectivity index (χ1) is 24.2. The SMILES string of the molecule is N#Cc1ccc(-c2cc(-c3cc(-c4ccccc4)c4c(c3-c3ccccc3)-c3cccc5cccc-4c35)nc(-c3ccc(N)cc3)n2)cc1. The van der Waals surface area contributed by atoms with Crippen LogP contribution < -0.4 is 5.73 Å². The van der Waals surface area contributed by atoms with E-state index in [1.165, 1.54) is 33.0 Å². The normalized spacial score (nSPS) is 11.3. The predicted octanol–water partition coefficient (Wildman–Crippen LogP) is 11.1. The molecule has 49 heavy (non-hydrogen) atoms. The predicted molar refractivity (Wildman–Crippen MR) is 200 cm³/mol. The minimum atomic E-state index is 0.600. The quantitative estimate of drug-likeness (QED) is 0.193. The second-order valence-electron chi connectivity index (χ2n) is 12.3. The number of benzene rings is 7. The van der Waals surface area contributed by atoms with Crippen LogP contribution in [0.25, 0.3) is 89.2 Å². The number of rotatable bonds is 5. The summed E-state index contributed by atoms with van der Waals surface area (Å²) in [6.45, 7) is 0. The maximum atomic E-state index is 9.48. The summed E-state index contributed by atoms with van der Waals surface area (Å²) < 4.78 is 0. The smallest absolute Gasteiger partial charge is 0.160 e. The lowest BCUT2D eigenvalue weighted by Gasteiger charge is -2.21. The Bertz CT molecular complexity index is 2580. The highest BCUT2D eigenvalue weighted by Crippen LogP contribution is 2.57. The molecule has 0 amide bonds. The van der Waals surface area contributed by atoms with Gasteiger partial charge in [0.25, 0.3) is 0 Å². The summed E-state index contributed by atoms with van der Waals surface area (Å²) in [5.41, 5.74) is 21.2. The molecule has 0 aliphatic heterocycles. The van der Waals surface area contributed by atoms with Crippen molar-refractivity contribution >= 4 is 16.5 Å². The van der Waals surface area contributed by atoms with Crippen molar-refractivity contribution in [1.29, 1.82) is 5.26 Å². The summed E-state index contributed by atoms with van der Waals surface area (Å²) >= 11 is 0. The molecule has 0 bridgehead atoms. The third-order valence-electron chi connectivity index (χ3n) is 9.40. The van der Waals surface area contributed by atoms with Gasteiger partial charge in [-0.3, -0.25) is 0 Å². The Labute approximate surface area is 284 Å². The zero-order chi connectivity index (χ0) is 32.9.